The Kier molecular flexibility index (Phi) is 3.27. The Bertz CT molecular complexity index is 858. The first-order valence-corrected chi connectivity index (χ1v) is 6.32. The molecule has 0 unspecified atom stereocenters. The van der Waals surface area contributed by atoms with Gasteiger partial charge in [-0.2, -0.15) is 4.98 Å². The van der Waals surface area contributed by atoms with E-state index in [1.165, 1.54) is 10.8 Å². The van der Waals surface area contributed by atoms with Gasteiger partial charge in [0, 0.05) is 13.2 Å². The molecule has 0 atom stereocenters. The number of nitrogens with zero attached hydrogens (tertiary/aromatic N) is 3. The van der Waals surface area contributed by atoms with E-state index in [2.05, 4.69) is 9.97 Å². The van der Waals surface area contributed by atoms with Crippen molar-refractivity contribution in [3.8, 4) is 17.5 Å². The number of hydrogen-bond acceptors (Lipinski definition) is 5. The van der Waals surface area contributed by atoms with Gasteiger partial charge in [0.25, 0.3) is 5.56 Å². The minimum Gasteiger partial charge on any atom is -0.493 e. The largest absolute Gasteiger partial charge is 0.493 e. The fraction of sp³-hybridized carbons (Fsp3) is 0.133. The number of aromatic nitrogens is 3. The number of para-hydroxylation sites is 2. The summed E-state index contributed by atoms with van der Waals surface area (Å²) in [5, 5.41) is 0.500. The van der Waals surface area contributed by atoms with Gasteiger partial charge in [-0.1, -0.05) is 12.1 Å². The molecule has 3 rings (SSSR count). The van der Waals surface area contributed by atoms with Crippen molar-refractivity contribution in [1.29, 1.82) is 0 Å². The highest BCUT2D eigenvalue weighted by atomic mass is 16.5. The van der Waals surface area contributed by atoms with Gasteiger partial charge in [0.15, 0.2) is 11.5 Å². The van der Waals surface area contributed by atoms with Gasteiger partial charge in [0.1, 0.15) is 0 Å². The molecule has 0 aliphatic carbocycles. The molecule has 0 spiro atoms. The molecule has 6 heteroatoms. The van der Waals surface area contributed by atoms with Crippen molar-refractivity contribution in [1.82, 2.24) is 14.5 Å². The van der Waals surface area contributed by atoms with Gasteiger partial charge in [-0.15, -0.1) is 0 Å². The van der Waals surface area contributed by atoms with Crippen LogP contribution >= 0.6 is 0 Å². The molecule has 6 nitrogen and oxygen atoms in total. The average Bonchev–Trinajstić information content (AvgIpc) is 2.53. The minimum absolute atomic E-state index is 0.185. The van der Waals surface area contributed by atoms with E-state index in [1.54, 1.807) is 38.6 Å². The summed E-state index contributed by atoms with van der Waals surface area (Å²) < 4.78 is 12.3. The summed E-state index contributed by atoms with van der Waals surface area (Å²) in [5.41, 5.74) is 0.304. The first-order valence-electron chi connectivity index (χ1n) is 6.32. The lowest BCUT2D eigenvalue weighted by molar-refractivity contribution is 0.359. The summed E-state index contributed by atoms with van der Waals surface area (Å²) in [4.78, 5) is 20.6. The molecule has 21 heavy (non-hydrogen) atoms. The third-order valence-electron chi connectivity index (χ3n) is 3.11. The van der Waals surface area contributed by atoms with Crippen molar-refractivity contribution in [3.63, 3.8) is 0 Å². The zero-order valence-electron chi connectivity index (χ0n) is 11.6. The van der Waals surface area contributed by atoms with Crippen LogP contribution in [0.3, 0.4) is 0 Å². The molecule has 0 N–H and O–H groups in total. The normalized spacial score (nSPS) is 10.6. The van der Waals surface area contributed by atoms with Crippen LogP contribution in [0.25, 0.3) is 10.9 Å². The van der Waals surface area contributed by atoms with Crippen LogP contribution in [0.1, 0.15) is 0 Å². The van der Waals surface area contributed by atoms with Gasteiger partial charge in [-0.3, -0.25) is 14.3 Å². The summed E-state index contributed by atoms with van der Waals surface area (Å²) in [6.07, 6.45) is 3.10. The number of ether oxygens (including phenoxy) is 2. The zero-order chi connectivity index (χ0) is 14.8. The predicted molar refractivity (Wildman–Crippen MR) is 77.8 cm³/mol. The van der Waals surface area contributed by atoms with E-state index in [-0.39, 0.29) is 11.6 Å². The number of fused-ring (bicyclic) bond motifs is 1. The third-order valence-corrected chi connectivity index (χ3v) is 3.11. The standard InChI is InChI=1S/C15H13N3O3/c1-18-14(19)10-7-8-16-9-11(10)17-15(18)21-13-6-4-3-5-12(13)20-2/h3-9H,1-2H3. The average molecular weight is 283 g/mol. The maximum absolute atomic E-state index is 12.3. The lowest BCUT2D eigenvalue weighted by Crippen LogP contribution is -2.19. The van der Waals surface area contributed by atoms with Crippen LogP contribution in [0, 0.1) is 0 Å². The first kappa shape index (κ1) is 13.1. The highest BCUT2D eigenvalue weighted by Crippen LogP contribution is 2.29. The van der Waals surface area contributed by atoms with E-state index in [4.69, 9.17) is 9.47 Å². The molecule has 2 aromatic heterocycles. The highest BCUT2D eigenvalue weighted by molar-refractivity contribution is 5.76. The number of methoxy groups -OCH3 is 1. The topological polar surface area (TPSA) is 66.2 Å². The molecule has 3 aromatic rings. The van der Waals surface area contributed by atoms with Gasteiger partial charge in [0.05, 0.1) is 24.2 Å². The molecule has 0 saturated carbocycles. The number of benzene rings is 1. The zero-order valence-corrected chi connectivity index (χ0v) is 11.6. The van der Waals surface area contributed by atoms with E-state index >= 15 is 0 Å². The number of pyridine rings is 1. The summed E-state index contributed by atoms with van der Waals surface area (Å²) >= 11 is 0. The molecule has 0 aliphatic rings. The first-order chi connectivity index (χ1) is 10.2. The van der Waals surface area contributed by atoms with E-state index < -0.39 is 0 Å². The molecule has 106 valence electrons. The van der Waals surface area contributed by atoms with Crippen LogP contribution in [0.5, 0.6) is 17.5 Å². The Morgan fingerprint density at radius 3 is 2.67 bits per heavy atom. The van der Waals surface area contributed by atoms with Crippen LogP contribution in [0.4, 0.5) is 0 Å². The second-order valence-corrected chi connectivity index (χ2v) is 4.40. The Labute approximate surface area is 120 Å². The highest BCUT2D eigenvalue weighted by Gasteiger charge is 2.12. The van der Waals surface area contributed by atoms with Crippen molar-refractivity contribution < 1.29 is 9.47 Å². The van der Waals surface area contributed by atoms with Crippen molar-refractivity contribution in [2.75, 3.05) is 7.11 Å². The fourth-order valence-corrected chi connectivity index (χ4v) is 1.99. The van der Waals surface area contributed by atoms with Gasteiger partial charge in [-0.05, 0) is 18.2 Å². The second kappa shape index (κ2) is 5.24. The number of hydrogen-bond donors (Lipinski definition) is 0. The summed E-state index contributed by atoms with van der Waals surface area (Å²) in [6.45, 7) is 0. The Morgan fingerprint density at radius 2 is 1.90 bits per heavy atom. The van der Waals surface area contributed by atoms with Crippen LogP contribution in [0.2, 0.25) is 0 Å². The monoisotopic (exact) mass is 283 g/mol. The Morgan fingerprint density at radius 1 is 1.14 bits per heavy atom. The van der Waals surface area contributed by atoms with Crippen LogP contribution < -0.4 is 15.0 Å². The molecule has 2 heterocycles. The molecule has 0 bridgehead atoms. The van der Waals surface area contributed by atoms with Crippen LogP contribution in [-0.2, 0) is 7.05 Å². The third kappa shape index (κ3) is 2.31. The maximum atomic E-state index is 12.3. The van der Waals surface area contributed by atoms with Crippen molar-refractivity contribution in [2.24, 2.45) is 7.05 Å². The summed E-state index contributed by atoms with van der Waals surface area (Å²) in [5.74, 6) is 1.06. The van der Waals surface area contributed by atoms with Gasteiger partial charge in [-0.25, -0.2) is 0 Å². The minimum atomic E-state index is -0.188. The van der Waals surface area contributed by atoms with Gasteiger partial charge >= 0.3 is 6.01 Å². The van der Waals surface area contributed by atoms with Crippen LogP contribution in [-0.4, -0.2) is 21.6 Å². The SMILES string of the molecule is COc1ccccc1Oc1nc2cnccc2c(=O)n1C. The fourth-order valence-electron chi connectivity index (χ4n) is 1.99. The van der Waals surface area contributed by atoms with E-state index in [0.29, 0.717) is 22.4 Å². The van der Waals surface area contributed by atoms with E-state index in [0.717, 1.165) is 0 Å². The molecular weight excluding hydrogens is 270 g/mol. The summed E-state index contributed by atoms with van der Waals surface area (Å²) in [7, 11) is 3.17. The van der Waals surface area contributed by atoms with E-state index in [1.807, 2.05) is 12.1 Å². The van der Waals surface area contributed by atoms with E-state index in [9.17, 15) is 4.79 Å². The second-order valence-electron chi connectivity index (χ2n) is 4.40. The molecule has 1 aromatic carbocycles. The molecule has 0 fully saturated rings. The predicted octanol–water partition coefficient (Wildman–Crippen LogP) is 2.13. The Balaban J connectivity index is 2.13. The molecule has 0 saturated heterocycles. The molecule has 0 amide bonds. The molecule has 0 aliphatic heterocycles. The quantitative estimate of drug-likeness (QED) is 0.736. The lowest BCUT2D eigenvalue weighted by Gasteiger charge is -2.12. The van der Waals surface area contributed by atoms with Crippen molar-refractivity contribution >= 4 is 10.9 Å². The van der Waals surface area contributed by atoms with Crippen LogP contribution in [0.15, 0.2) is 47.5 Å². The maximum Gasteiger partial charge on any atom is 0.305 e. The molecular formula is C15H13N3O3. The van der Waals surface area contributed by atoms with Gasteiger partial charge in [0.2, 0.25) is 0 Å². The number of rotatable bonds is 3. The van der Waals surface area contributed by atoms with Gasteiger partial charge < -0.3 is 9.47 Å². The van der Waals surface area contributed by atoms with Crippen molar-refractivity contribution in [3.05, 3.63) is 53.1 Å². The smallest absolute Gasteiger partial charge is 0.305 e. The molecule has 0 radical (unpaired) electrons. The summed E-state index contributed by atoms with van der Waals surface area (Å²) in [6, 6.07) is 9.00. The Hall–Kier alpha value is -2.89. The van der Waals surface area contributed by atoms with Crippen molar-refractivity contribution in [2.45, 2.75) is 0 Å². The lowest BCUT2D eigenvalue weighted by atomic mass is 10.3.